The molecule has 0 heterocycles. The molecule has 0 saturated heterocycles. The summed E-state index contributed by atoms with van der Waals surface area (Å²) < 4.78 is 10.8. The molecule has 1 aromatic carbocycles. The summed E-state index contributed by atoms with van der Waals surface area (Å²) in [6, 6.07) is 3.80. The Bertz CT molecular complexity index is 663. The standard InChI is InChI=1S/C16H21N3O6/c1-3-4-7-25-13-6-5-10(8-14(13)24-2)15(20)17-18-16(21)11-9-12(11)19(22)23/h5-6,8,11-12H,3-4,7,9H2,1-2H3,(H,17,20)(H,18,21). The summed E-state index contributed by atoms with van der Waals surface area (Å²) in [5, 5.41) is 10.5. The molecule has 136 valence electrons. The molecule has 9 nitrogen and oxygen atoms in total. The highest BCUT2D eigenvalue weighted by atomic mass is 16.6. The van der Waals surface area contributed by atoms with E-state index in [0.717, 1.165) is 12.8 Å². The van der Waals surface area contributed by atoms with Gasteiger partial charge in [0.15, 0.2) is 11.5 Å². The van der Waals surface area contributed by atoms with E-state index in [9.17, 15) is 19.7 Å². The first kappa shape index (κ1) is 18.5. The molecule has 1 aromatic rings. The van der Waals surface area contributed by atoms with Crippen LogP contribution in [0.5, 0.6) is 11.5 Å². The minimum absolute atomic E-state index is 0.187. The van der Waals surface area contributed by atoms with Crippen molar-refractivity contribution in [1.29, 1.82) is 0 Å². The Morgan fingerprint density at radius 2 is 2.08 bits per heavy atom. The predicted octanol–water partition coefficient (Wildman–Crippen LogP) is 1.30. The van der Waals surface area contributed by atoms with E-state index in [1.54, 1.807) is 12.1 Å². The fourth-order valence-electron chi connectivity index (χ4n) is 2.23. The minimum Gasteiger partial charge on any atom is -0.493 e. The number of nitro groups is 1. The first-order chi connectivity index (χ1) is 12.0. The van der Waals surface area contributed by atoms with Gasteiger partial charge in [-0.2, -0.15) is 0 Å². The fraction of sp³-hybridized carbons (Fsp3) is 0.500. The van der Waals surface area contributed by atoms with Crippen LogP contribution in [0.1, 0.15) is 36.5 Å². The van der Waals surface area contributed by atoms with Crippen molar-refractivity contribution in [1.82, 2.24) is 10.9 Å². The number of methoxy groups -OCH3 is 1. The van der Waals surface area contributed by atoms with Crippen LogP contribution < -0.4 is 20.3 Å². The molecule has 2 N–H and O–H groups in total. The third kappa shape index (κ3) is 4.82. The van der Waals surface area contributed by atoms with Crippen molar-refractivity contribution in [2.24, 2.45) is 5.92 Å². The van der Waals surface area contributed by atoms with E-state index in [0.29, 0.717) is 18.1 Å². The van der Waals surface area contributed by atoms with Gasteiger partial charge in [-0.3, -0.25) is 30.6 Å². The molecule has 0 spiro atoms. The number of benzene rings is 1. The molecule has 9 heteroatoms. The quantitative estimate of drug-likeness (QED) is 0.414. The second-order valence-electron chi connectivity index (χ2n) is 5.71. The van der Waals surface area contributed by atoms with Gasteiger partial charge in [-0.05, 0) is 24.6 Å². The monoisotopic (exact) mass is 351 g/mol. The Hall–Kier alpha value is -2.84. The molecule has 1 aliphatic carbocycles. The van der Waals surface area contributed by atoms with E-state index < -0.39 is 28.7 Å². The lowest BCUT2D eigenvalue weighted by atomic mass is 10.2. The maximum absolute atomic E-state index is 12.1. The Morgan fingerprint density at radius 1 is 1.32 bits per heavy atom. The van der Waals surface area contributed by atoms with Crippen molar-refractivity contribution >= 4 is 11.8 Å². The number of ether oxygens (including phenoxy) is 2. The highest BCUT2D eigenvalue weighted by molar-refractivity contribution is 5.96. The molecule has 2 amide bonds. The summed E-state index contributed by atoms with van der Waals surface area (Å²) in [4.78, 5) is 33.8. The second kappa shape index (κ2) is 8.32. The molecular formula is C16H21N3O6. The van der Waals surface area contributed by atoms with Gasteiger partial charge in [0.1, 0.15) is 5.92 Å². The molecule has 0 aliphatic heterocycles. The normalized spacial score (nSPS) is 18.2. The van der Waals surface area contributed by atoms with Gasteiger partial charge in [0, 0.05) is 16.9 Å². The van der Waals surface area contributed by atoms with Crippen LogP contribution in [0.4, 0.5) is 0 Å². The van der Waals surface area contributed by atoms with Crippen LogP contribution in [0, 0.1) is 16.0 Å². The summed E-state index contributed by atoms with van der Waals surface area (Å²) in [5.41, 5.74) is 4.72. The summed E-state index contributed by atoms with van der Waals surface area (Å²) >= 11 is 0. The number of unbranched alkanes of at least 4 members (excludes halogenated alkanes) is 1. The zero-order chi connectivity index (χ0) is 18.4. The minimum atomic E-state index is -0.864. The van der Waals surface area contributed by atoms with Crippen molar-refractivity contribution < 1.29 is 24.0 Å². The van der Waals surface area contributed by atoms with Crippen LogP contribution in [0.25, 0.3) is 0 Å². The molecule has 0 bridgehead atoms. The topological polar surface area (TPSA) is 120 Å². The second-order valence-corrected chi connectivity index (χ2v) is 5.71. The van der Waals surface area contributed by atoms with E-state index in [4.69, 9.17) is 9.47 Å². The lowest BCUT2D eigenvalue weighted by Crippen LogP contribution is -2.43. The SMILES string of the molecule is CCCCOc1ccc(C(=O)NNC(=O)C2CC2[N+](=O)[O-])cc1OC. The first-order valence-electron chi connectivity index (χ1n) is 8.02. The molecule has 2 unspecified atom stereocenters. The van der Waals surface area contributed by atoms with Gasteiger partial charge in [0.2, 0.25) is 11.9 Å². The van der Waals surface area contributed by atoms with E-state index in [2.05, 4.69) is 17.8 Å². The van der Waals surface area contributed by atoms with E-state index in [1.807, 2.05) is 0 Å². The number of hydrazine groups is 1. The van der Waals surface area contributed by atoms with Crippen molar-refractivity contribution in [2.75, 3.05) is 13.7 Å². The third-order valence-corrected chi connectivity index (χ3v) is 3.84. The maximum Gasteiger partial charge on any atom is 0.269 e. The fourth-order valence-corrected chi connectivity index (χ4v) is 2.23. The van der Waals surface area contributed by atoms with Crippen LogP contribution in [-0.2, 0) is 4.79 Å². The Kier molecular flexibility index (Phi) is 6.15. The smallest absolute Gasteiger partial charge is 0.269 e. The van der Waals surface area contributed by atoms with Gasteiger partial charge in [-0.1, -0.05) is 13.3 Å². The number of nitrogens with zero attached hydrogens (tertiary/aromatic N) is 1. The van der Waals surface area contributed by atoms with Gasteiger partial charge in [0.05, 0.1) is 13.7 Å². The van der Waals surface area contributed by atoms with Crippen molar-refractivity contribution in [3.8, 4) is 11.5 Å². The molecular weight excluding hydrogens is 330 g/mol. The number of nitrogens with one attached hydrogen (secondary N) is 2. The summed E-state index contributed by atoms with van der Waals surface area (Å²) in [7, 11) is 1.47. The largest absolute Gasteiger partial charge is 0.493 e. The van der Waals surface area contributed by atoms with Crippen molar-refractivity contribution in [2.45, 2.75) is 32.2 Å². The lowest BCUT2D eigenvalue weighted by Gasteiger charge is -2.12. The van der Waals surface area contributed by atoms with Gasteiger partial charge >= 0.3 is 0 Å². The van der Waals surface area contributed by atoms with E-state index in [-0.39, 0.29) is 12.0 Å². The molecule has 2 rings (SSSR count). The number of hydrogen-bond acceptors (Lipinski definition) is 6. The van der Waals surface area contributed by atoms with Crippen LogP contribution >= 0.6 is 0 Å². The van der Waals surface area contributed by atoms with Crippen molar-refractivity contribution in [3.63, 3.8) is 0 Å². The molecule has 0 aromatic heterocycles. The highest BCUT2D eigenvalue weighted by Gasteiger charge is 2.53. The number of carbonyl (C=O) groups excluding carboxylic acids is 2. The van der Waals surface area contributed by atoms with Crippen LogP contribution in [0.15, 0.2) is 18.2 Å². The number of rotatable bonds is 8. The van der Waals surface area contributed by atoms with Gasteiger partial charge < -0.3 is 9.47 Å². The number of amides is 2. The van der Waals surface area contributed by atoms with Crippen LogP contribution in [0.3, 0.4) is 0 Å². The van der Waals surface area contributed by atoms with Gasteiger partial charge in [-0.25, -0.2) is 0 Å². The third-order valence-electron chi connectivity index (χ3n) is 3.84. The number of carbonyl (C=O) groups is 2. The summed E-state index contributed by atoms with van der Waals surface area (Å²) in [6.45, 7) is 2.60. The average molecular weight is 351 g/mol. The Morgan fingerprint density at radius 3 is 2.68 bits per heavy atom. The predicted molar refractivity (Wildman–Crippen MR) is 87.9 cm³/mol. The van der Waals surface area contributed by atoms with Gasteiger partial charge in [-0.15, -0.1) is 0 Å². The van der Waals surface area contributed by atoms with Crippen LogP contribution in [-0.4, -0.2) is 36.5 Å². The first-order valence-corrected chi connectivity index (χ1v) is 8.02. The molecule has 1 fully saturated rings. The zero-order valence-electron chi connectivity index (χ0n) is 14.1. The number of hydrogen-bond donors (Lipinski definition) is 2. The Balaban J connectivity index is 1.90. The lowest BCUT2D eigenvalue weighted by molar-refractivity contribution is -0.497. The molecule has 0 radical (unpaired) electrons. The molecule has 1 saturated carbocycles. The maximum atomic E-state index is 12.1. The van der Waals surface area contributed by atoms with E-state index >= 15 is 0 Å². The van der Waals surface area contributed by atoms with Gasteiger partial charge in [0.25, 0.3) is 5.91 Å². The van der Waals surface area contributed by atoms with E-state index in [1.165, 1.54) is 13.2 Å². The highest BCUT2D eigenvalue weighted by Crippen LogP contribution is 2.33. The molecule has 2 atom stereocenters. The molecule has 1 aliphatic rings. The zero-order valence-corrected chi connectivity index (χ0v) is 14.1. The molecule has 25 heavy (non-hydrogen) atoms. The summed E-state index contributed by atoms with van der Waals surface area (Å²) in [6.07, 6.45) is 2.09. The van der Waals surface area contributed by atoms with Crippen LogP contribution in [0.2, 0.25) is 0 Å². The average Bonchev–Trinajstić information content (AvgIpc) is 3.41. The summed E-state index contributed by atoms with van der Waals surface area (Å²) in [5.74, 6) is -0.875. The Labute approximate surface area is 144 Å². The van der Waals surface area contributed by atoms with Crippen molar-refractivity contribution in [3.05, 3.63) is 33.9 Å².